The van der Waals surface area contributed by atoms with Crippen LogP contribution in [0.3, 0.4) is 0 Å². The lowest BCUT2D eigenvalue weighted by molar-refractivity contribution is -0.870. The first-order valence-corrected chi connectivity index (χ1v) is 37.7. The molecule has 0 aliphatic carbocycles. The minimum absolute atomic E-state index is 0.0349. The first-order chi connectivity index (χ1) is 40.5. The van der Waals surface area contributed by atoms with Crippen molar-refractivity contribution in [3.8, 4) is 0 Å². The third-order valence-corrected chi connectivity index (χ3v) is 17.4. The summed E-state index contributed by atoms with van der Waals surface area (Å²) in [6.45, 7) is 4.50. The van der Waals surface area contributed by atoms with Gasteiger partial charge < -0.3 is 18.9 Å². The van der Waals surface area contributed by atoms with Gasteiger partial charge >= 0.3 is 19.8 Å². The largest absolute Gasteiger partial charge is 0.472 e. The maximum atomic E-state index is 12.9. The molecular weight excluding hydrogens is 1050 g/mol. The molecular formula is C73H141NO8P+. The lowest BCUT2D eigenvalue weighted by atomic mass is 10.0. The number of carbonyl (C=O) groups is 2. The van der Waals surface area contributed by atoms with E-state index in [4.69, 9.17) is 18.5 Å². The van der Waals surface area contributed by atoms with Crippen LogP contribution in [0.5, 0.6) is 0 Å². The number of hydrogen-bond acceptors (Lipinski definition) is 7. The second kappa shape index (κ2) is 64.7. The van der Waals surface area contributed by atoms with E-state index in [2.05, 4.69) is 50.3 Å². The van der Waals surface area contributed by atoms with Gasteiger partial charge in [-0.25, -0.2) is 4.57 Å². The molecule has 0 heterocycles. The van der Waals surface area contributed by atoms with Crippen LogP contribution >= 0.6 is 7.82 Å². The van der Waals surface area contributed by atoms with E-state index in [1.807, 2.05) is 21.1 Å². The fraction of sp³-hybridized carbons (Fsp3) is 0.890. The van der Waals surface area contributed by atoms with Gasteiger partial charge in [-0.15, -0.1) is 0 Å². The molecule has 490 valence electrons. The molecule has 0 aromatic carbocycles. The van der Waals surface area contributed by atoms with Gasteiger partial charge in [0, 0.05) is 12.8 Å². The first kappa shape index (κ1) is 81.2. The molecule has 1 N–H and O–H groups in total. The van der Waals surface area contributed by atoms with Gasteiger partial charge in [-0.2, -0.15) is 0 Å². The topological polar surface area (TPSA) is 108 Å². The molecule has 0 rings (SSSR count). The Labute approximate surface area is 516 Å². The van der Waals surface area contributed by atoms with E-state index < -0.39 is 26.5 Å². The lowest BCUT2D eigenvalue weighted by Crippen LogP contribution is -2.37. The molecule has 0 spiro atoms. The molecule has 2 unspecified atom stereocenters. The predicted molar refractivity (Wildman–Crippen MR) is 358 cm³/mol. The SMILES string of the molecule is CCCCCCC/C=C\C/C=C\C/C=C\CCCCCCCCCCCCCCCCCCCCC(=O)OC(COC(=O)CCCCCCCCCCCCCCCCCCCCCCCCCCCC)COP(=O)(O)OCC[N+](C)(C)C. The van der Waals surface area contributed by atoms with E-state index in [1.54, 1.807) is 0 Å². The van der Waals surface area contributed by atoms with E-state index in [9.17, 15) is 19.0 Å². The third kappa shape index (κ3) is 69.2. The molecule has 0 saturated carbocycles. The smallest absolute Gasteiger partial charge is 0.462 e. The standard InChI is InChI=1S/C73H140NO8P/c1-6-8-10-12-14-16-18-20-22-24-26-28-30-32-34-35-36-37-38-39-40-42-44-46-48-50-52-54-56-58-60-62-64-66-73(76)82-71(70-81-83(77,78)80-68-67-74(3,4)5)69-79-72(75)65-63-61-59-57-55-53-51-49-47-45-43-41-33-31-29-27-25-23-21-19-17-15-13-11-9-7-2/h18,20,24,26,30,32,71H,6-17,19,21-23,25,27-29,31,33-70H2,1-5H3/p+1/b20-18-,26-24-,32-30-. The number of rotatable bonds is 68. The van der Waals surface area contributed by atoms with Gasteiger partial charge in [-0.3, -0.25) is 18.6 Å². The number of ether oxygens (including phenoxy) is 2. The van der Waals surface area contributed by atoms with Gasteiger partial charge in [0.15, 0.2) is 6.10 Å². The van der Waals surface area contributed by atoms with Crippen molar-refractivity contribution in [3.63, 3.8) is 0 Å². The van der Waals surface area contributed by atoms with Crippen molar-refractivity contribution in [1.29, 1.82) is 0 Å². The zero-order chi connectivity index (χ0) is 60.5. The fourth-order valence-electron chi connectivity index (χ4n) is 10.9. The van der Waals surface area contributed by atoms with Crippen molar-refractivity contribution in [2.75, 3.05) is 47.5 Å². The van der Waals surface area contributed by atoms with E-state index in [-0.39, 0.29) is 25.6 Å². The quantitative estimate of drug-likeness (QED) is 0.0211. The molecule has 9 nitrogen and oxygen atoms in total. The fourth-order valence-corrected chi connectivity index (χ4v) is 11.6. The summed E-state index contributed by atoms with van der Waals surface area (Å²) in [5.74, 6) is -0.774. The van der Waals surface area contributed by atoms with Gasteiger partial charge in [-0.05, 0) is 51.4 Å². The number of quaternary nitrogens is 1. The molecule has 0 fully saturated rings. The van der Waals surface area contributed by atoms with E-state index in [0.29, 0.717) is 23.9 Å². The minimum Gasteiger partial charge on any atom is -0.462 e. The zero-order valence-corrected chi connectivity index (χ0v) is 56.9. The second-order valence-electron chi connectivity index (χ2n) is 26.0. The first-order valence-electron chi connectivity index (χ1n) is 36.2. The number of phosphoric acid groups is 1. The van der Waals surface area contributed by atoms with Crippen molar-refractivity contribution in [2.45, 2.75) is 373 Å². The number of esters is 2. The molecule has 0 aliphatic rings. The van der Waals surface area contributed by atoms with Crippen LogP contribution in [0, 0.1) is 0 Å². The Kier molecular flexibility index (Phi) is 63.3. The second-order valence-corrected chi connectivity index (χ2v) is 27.4. The summed E-state index contributed by atoms with van der Waals surface area (Å²) in [6, 6.07) is 0. The van der Waals surface area contributed by atoms with Crippen molar-refractivity contribution in [1.82, 2.24) is 0 Å². The Hall–Kier alpha value is -1.77. The average molecular weight is 1190 g/mol. The highest BCUT2D eigenvalue weighted by molar-refractivity contribution is 7.47. The lowest BCUT2D eigenvalue weighted by Gasteiger charge is -2.24. The average Bonchev–Trinajstić information content (AvgIpc) is 3.48. The van der Waals surface area contributed by atoms with E-state index in [0.717, 1.165) is 44.9 Å². The van der Waals surface area contributed by atoms with Crippen LogP contribution in [0.2, 0.25) is 0 Å². The van der Waals surface area contributed by atoms with E-state index >= 15 is 0 Å². The van der Waals surface area contributed by atoms with Crippen molar-refractivity contribution >= 4 is 19.8 Å². The van der Waals surface area contributed by atoms with Crippen LogP contribution in [0.25, 0.3) is 0 Å². The van der Waals surface area contributed by atoms with Crippen molar-refractivity contribution in [3.05, 3.63) is 36.5 Å². The number of unbranched alkanes of at least 4 members (excludes halogenated alkanes) is 48. The summed E-state index contributed by atoms with van der Waals surface area (Å²) in [6.07, 6.45) is 82.6. The Morgan fingerprint density at radius 1 is 0.373 bits per heavy atom. The number of hydrogen-bond donors (Lipinski definition) is 1. The Morgan fingerprint density at radius 2 is 0.651 bits per heavy atom. The normalized spacial score (nSPS) is 13.3. The molecule has 0 radical (unpaired) electrons. The van der Waals surface area contributed by atoms with Crippen molar-refractivity contribution in [2.24, 2.45) is 0 Å². The van der Waals surface area contributed by atoms with Crippen LogP contribution in [0.4, 0.5) is 0 Å². The summed E-state index contributed by atoms with van der Waals surface area (Å²) >= 11 is 0. The number of likely N-dealkylation sites (N-methyl/N-ethyl adjacent to an activating group) is 1. The number of nitrogens with zero attached hydrogens (tertiary/aromatic N) is 1. The van der Waals surface area contributed by atoms with E-state index in [1.165, 1.54) is 289 Å². The molecule has 0 aromatic heterocycles. The Bertz CT molecular complexity index is 1490. The highest BCUT2D eigenvalue weighted by Gasteiger charge is 2.27. The maximum Gasteiger partial charge on any atom is 0.472 e. The summed E-state index contributed by atoms with van der Waals surface area (Å²) in [5.41, 5.74) is 0. The molecule has 0 bridgehead atoms. The summed E-state index contributed by atoms with van der Waals surface area (Å²) in [4.78, 5) is 35.9. The molecule has 0 amide bonds. The van der Waals surface area contributed by atoms with Gasteiger partial charge in [0.05, 0.1) is 27.7 Å². The molecule has 83 heavy (non-hydrogen) atoms. The summed E-state index contributed by atoms with van der Waals surface area (Å²) in [5, 5.41) is 0. The third-order valence-electron chi connectivity index (χ3n) is 16.4. The van der Waals surface area contributed by atoms with Crippen LogP contribution in [-0.2, 0) is 32.7 Å². The predicted octanol–water partition coefficient (Wildman–Crippen LogP) is 23.4. The van der Waals surface area contributed by atoms with Gasteiger partial charge in [-0.1, -0.05) is 339 Å². The van der Waals surface area contributed by atoms with Gasteiger partial charge in [0.2, 0.25) is 0 Å². The minimum atomic E-state index is -4.39. The number of phosphoric ester groups is 1. The zero-order valence-electron chi connectivity index (χ0n) is 56.0. The van der Waals surface area contributed by atoms with Crippen LogP contribution < -0.4 is 0 Å². The summed E-state index contributed by atoms with van der Waals surface area (Å²) < 4.78 is 34.8. The monoisotopic (exact) mass is 1190 g/mol. The van der Waals surface area contributed by atoms with Crippen LogP contribution in [0.1, 0.15) is 367 Å². The Morgan fingerprint density at radius 3 is 0.964 bits per heavy atom. The molecule has 0 saturated heterocycles. The maximum absolute atomic E-state index is 12.9. The van der Waals surface area contributed by atoms with Crippen molar-refractivity contribution < 1.29 is 42.1 Å². The van der Waals surface area contributed by atoms with Gasteiger partial charge in [0.1, 0.15) is 19.8 Å². The number of carbonyl (C=O) groups excluding carboxylic acids is 2. The highest BCUT2D eigenvalue weighted by atomic mass is 31.2. The Balaban J connectivity index is 3.98. The van der Waals surface area contributed by atoms with Crippen LogP contribution in [0.15, 0.2) is 36.5 Å². The highest BCUT2D eigenvalue weighted by Crippen LogP contribution is 2.43. The van der Waals surface area contributed by atoms with Gasteiger partial charge in [0.25, 0.3) is 0 Å². The molecule has 0 aliphatic heterocycles. The molecule has 0 aromatic rings. The van der Waals surface area contributed by atoms with Crippen LogP contribution in [-0.4, -0.2) is 74.9 Å². The summed E-state index contributed by atoms with van der Waals surface area (Å²) in [7, 11) is 1.50. The molecule has 10 heteroatoms. The number of allylic oxidation sites excluding steroid dienone is 6. The molecule has 2 atom stereocenters.